The lowest BCUT2D eigenvalue weighted by Crippen LogP contribution is -2.16. The topological polar surface area (TPSA) is 9.23 Å². The predicted octanol–water partition coefficient (Wildman–Crippen LogP) is 1.82. The third kappa shape index (κ3) is 0.493. The summed E-state index contributed by atoms with van der Waals surface area (Å²) in [5.74, 6) is 2.97. The first kappa shape index (κ1) is 5.59. The van der Waals surface area contributed by atoms with Gasteiger partial charge in [0.25, 0.3) is 0 Å². The van der Waals surface area contributed by atoms with E-state index in [2.05, 4.69) is 6.92 Å². The molecule has 0 N–H and O–H groups in total. The lowest BCUT2D eigenvalue weighted by molar-refractivity contribution is 0.0496. The van der Waals surface area contributed by atoms with Gasteiger partial charge in [-0.15, -0.1) is 0 Å². The Morgan fingerprint density at radius 1 is 1.10 bits per heavy atom. The molecule has 5 atom stereocenters. The number of rotatable bonds is 0. The highest BCUT2D eigenvalue weighted by Gasteiger charge is 2.54. The van der Waals surface area contributed by atoms with Crippen molar-refractivity contribution < 1.29 is 4.74 Å². The summed E-state index contributed by atoms with van der Waals surface area (Å²) in [5, 5.41) is 0. The van der Waals surface area contributed by atoms with Crippen molar-refractivity contribution in [1.82, 2.24) is 0 Å². The van der Waals surface area contributed by atoms with E-state index in [-0.39, 0.29) is 0 Å². The van der Waals surface area contributed by atoms with Crippen LogP contribution in [0.1, 0.15) is 26.2 Å². The van der Waals surface area contributed by atoms with Crippen LogP contribution < -0.4 is 0 Å². The molecule has 10 heavy (non-hydrogen) atoms. The molecule has 1 aliphatic heterocycles. The maximum absolute atomic E-state index is 5.84. The maximum Gasteiger partial charge on any atom is 0.0613 e. The van der Waals surface area contributed by atoms with Crippen molar-refractivity contribution in [2.24, 2.45) is 17.8 Å². The maximum atomic E-state index is 5.84. The second kappa shape index (κ2) is 1.58. The average molecular weight is 138 g/mol. The Morgan fingerprint density at radius 3 is 2.50 bits per heavy atom. The molecule has 0 spiro atoms. The molecule has 1 heterocycles. The predicted molar refractivity (Wildman–Crippen MR) is 38.7 cm³/mol. The van der Waals surface area contributed by atoms with Gasteiger partial charge in [-0.05, 0) is 43.9 Å². The monoisotopic (exact) mass is 138 g/mol. The Labute approximate surface area is 61.8 Å². The van der Waals surface area contributed by atoms with Gasteiger partial charge in [-0.25, -0.2) is 0 Å². The summed E-state index contributed by atoms with van der Waals surface area (Å²) in [6.45, 7) is 2.26. The zero-order chi connectivity index (χ0) is 6.72. The van der Waals surface area contributed by atoms with E-state index in [9.17, 15) is 0 Å². The number of hydrogen-bond donors (Lipinski definition) is 0. The van der Waals surface area contributed by atoms with Crippen molar-refractivity contribution >= 4 is 0 Å². The Balaban J connectivity index is 1.98. The molecule has 0 aromatic rings. The number of hydrogen-bond acceptors (Lipinski definition) is 1. The van der Waals surface area contributed by atoms with Crippen LogP contribution >= 0.6 is 0 Å². The molecule has 56 valence electrons. The first-order chi connectivity index (χ1) is 4.84. The Morgan fingerprint density at radius 2 is 1.90 bits per heavy atom. The van der Waals surface area contributed by atoms with Crippen molar-refractivity contribution in [1.29, 1.82) is 0 Å². The minimum absolute atomic E-state index is 0.586. The molecule has 0 aromatic heterocycles. The highest BCUT2D eigenvalue weighted by atomic mass is 16.5. The molecule has 3 rings (SSSR count). The minimum Gasteiger partial charge on any atom is -0.375 e. The van der Waals surface area contributed by atoms with Gasteiger partial charge in [0.05, 0.1) is 12.2 Å². The van der Waals surface area contributed by atoms with Crippen molar-refractivity contribution in [3.8, 4) is 0 Å². The normalized spacial score (nSPS) is 63.9. The molecule has 2 bridgehead atoms. The van der Waals surface area contributed by atoms with Gasteiger partial charge in [0.2, 0.25) is 0 Å². The molecule has 4 unspecified atom stereocenters. The van der Waals surface area contributed by atoms with Crippen LogP contribution in [0.3, 0.4) is 0 Å². The standard InChI is InChI=1S/C9H14O/c1-5-7-2-6-3-8(7)9(4-6)10-5/h5-9H,2-4H2,1H3/t5-,6?,7?,8?,9?/m1/s1. The van der Waals surface area contributed by atoms with Crippen LogP contribution in [-0.2, 0) is 4.74 Å². The average Bonchev–Trinajstić information content (AvgIpc) is 2.44. The van der Waals surface area contributed by atoms with E-state index in [0.29, 0.717) is 12.2 Å². The van der Waals surface area contributed by atoms with E-state index < -0.39 is 0 Å². The van der Waals surface area contributed by atoms with Crippen molar-refractivity contribution in [2.75, 3.05) is 0 Å². The van der Waals surface area contributed by atoms with Crippen LogP contribution in [0.4, 0.5) is 0 Å². The molecule has 2 aliphatic carbocycles. The summed E-state index contributed by atoms with van der Waals surface area (Å²) in [6, 6.07) is 0. The molecule has 1 heteroatoms. The van der Waals surface area contributed by atoms with Crippen LogP contribution in [0.15, 0.2) is 0 Å². The lowest BCUT2D eigenvalue weighted by Gasteiger charge is -2.15. The van der Waals surface area contributed by atoms with Gasteiger partial charge in [-0.2, -0.15) is 0 Å². The van der Waals surface area contributed by atoms with Crippen LogP contribution in [0, 0.1) is 17.8 Å². The van der Waals surface area contributed by atoms with Gasteiger partial charge in [0.15, 0.2) is 0 Å². The summed E-state index contributed by atoms with van der Waals surface area (Å²) in [7, 11) is 0. The molecule has 2 saturated carbocycles. The van der Waals surface area contributed by atoms with Gasteiger partial charge in [-0.1, -0.05) is 0 Å². The SMILES string of the molecule is C[C@H]1OC2CC3CC2C1C3. The highest BCUT2D eigenvalue weighted by Crippen LogP contribution is 2.56. The molecule has 1 saturated heterocycles. The molecule has 0 aromatic carbocycles. The zero-order valence-corrected chi connectivity index (χ0v) is 6.42. The number of ether oxygens (including phenoxy) is 1. The summed E-state index contributed by atoms with van der Waals surface area (Å²) < 4.78 is 5.84. The van der Waals surface area contributed by atoms with E-state index in [4.69, 9.17) is 4.74 Å². The second-order valence-electron chi connectivity index (χ2n) is 4.28. The van der Waals surface area contributed by atoms with Crippen LogP contribution in [0.5, 0.6) is 0 Å². The van der Waals surface area contributed by atoms with Crippen molar-refractivity contribution in [3.05, 3.63) is 0 Å². The van der Waals surface area contributed by atoms with Crippen LogP contribution in [-0.4, -0.2) is 12.2 Å². The molecular weight excluding hydrogens is 124 g/mol. The van der Waals surface area contributed by atoms with Crippen molar-refractivity contribution in [2.45, 2.75) is 38.4 Å². The smallest absolute Gasteiger partial charge is 0.0613 e. The largest absolute Gasteiger partial charge is 0.375 e. The Bertz CT molecular complexity index is 164. The minimum atomic E-state index is 0.586. The van der Waals surface area contributed by atoms with E-state index in [1.165, 1.54) is 19.3 Å². The summed E-state index contributed by atoms with van der Waals surface area (Å²) >= 11 is 0. The Hall–Kier alpha value is -0.0400. The van der Waals surface area contributed by atoms with E-state index in [1.54, 1.807) is 0 Å². The molecular formula is C9H14O. The molecule has 3 fully saturated rings. The van der Waals surface area contributed by atoms with Gasteiger partial charge in [0, 0.05) is 0 Å². The summed E-state index contributed by atoms with van der Waals surface area (Å²) in [5.41, 5.74) is 0. The molecule has 1 nitrogen and oxygen atoms in total. The summed E-state index contributed by atoms with van der Waals surface area (Å²) in [6.07, 6.45) is 5.61. The lowest BCUT2D eigenvalue weighted by atomic mass is 9.87. The Kier molecular flexibility index (Phi) is 0.883. The third-order valence-electron chi connectivity index (χ3n) is 3.80. The van der Waals surface area contributed by atoms with E-state index in [1.807, 2.05) is 0 Å². The van der Waals surface area contributed by atoms with Crippen LogP contribution in [0.2, 0.25) is 0 Å². The fraction of sp³-hybridized carbons (Fsp3) is 1.00. The highest BCUT2D eigenvalue weighted by molar-refractivity contribution is 5.02. The second-order valence-corrected chi connectivity index (χ2v) is 4.28. The molecule has 0 amide bonds. The van der Waals surface area contributed by atoms with Crippen molar-refractivity contribution in [3.63, 3.8) is 0 Å². The third-order valence-corrected chi connectivity index (χ3v) is 3.80. The fourth-order valence-corrected chi connectivity index (χ4v) is 3.41. The van der Waals surface area contributed by atoms with Gasteiger partial charge >= 0.3 is 0 Å². The number of fused-ring (bicyclic) bond motifs is 1. The van der Waals surface area contributed by atoms with E-state index >= 15 is 0 Å². The van der Waals surface area contributed by atoms with Crippen LogP contribution in [0.25, 0.3) is 0 Å². The van der Waals surface area contributed by atoms with Gasteiger partial charge < -0.3 is 4.74 Å². The van der Waals surface area contributed by atoms with Gasteiger partial charge in [-0.3, -0.25) is 0 Å². The fourth-order valence-electron chi connectivity index (χ4n) is 3.41. The summed E-state index contributed by atoms with van der Waals surface area (Å²) in [4.78, 5) is 0. The first-order valence-corrected chi connectivity index (χ1v) is 4.50. The first-order valence-electron chi connectivity index (χ1n) is 4.50. The van der Waals surface area contributed by atoms with Gasteiger partial charge in [0.1, 0.15) is 0 Å². The molecule has 3 aliphatic rings. The molecule has 0 radical (unpaired) electrons. The van der Waals surface area contributed by atoms with E-state index in [0.717, 1.165) is 17.8 Å². The quantitative estimate of drug-likeness (QED) is 0.496. The zero-order valence-electron chi connectivity index (χ0n) is 6.42.